The number of aliphatic carboxylic acids is 2. The van der Waals surface area contributed by atoms with E-state index >= 15 is 0 Å². The van der Waals surface area contributed by atoms with Crippen molar-refractivity contribution in [3.05, 3.63) is 11.6 Å². The minimum Gasteiger partial charge on any atom is -0.545 e. The van der Waals surface area contributed by atoms with Crippen LogP contribution in [0.3, 0.4) is 0 Å². The van der Waals surface area contributed by atoms with E-state index in [0.29, 0.717) is 6.08 Å². The Bertz CT molecular complexity index is 175. The molecule has 0 unspecified atom stereocenters. The Morgan fingerprint density at radius 3 is 1.64 bits per heavy atom. The fourth-order valence-electron chi connectivity index (χ4n) is 0.236. The van der Waals surface area contributed by atoms with Gasteiger partial charge in [-0.1, -0.05) is 0 Å². The Morgan fingerprint density at radius 2 is 1.55 bits per heavy atom. The van der Waals surface area contributed by atoms with E-state index in [-0.39, 0.29) is 43.3 Å². The summed E-state index contributed by atoms with van der Waals surface area (Å²) in [7, 11) is 0. The van der Waals surface area contributed by atoms with Crippen LogP contribution in [0, 0.1) is 0 Å². The average Bonchev–Trinajstić information content (AvgIpc) is 1.63. The zero-order valence-electron chi connectivity index (χ0n) is 6.71. The van der Waals surface area contributed by atoms with E-state index in [9.17, 15) is 19.8 Å². The Morgan fingerprint density at radius 1 is 1.18 bits per heavy atom. The molecule has 0 N–H and O–H groups in total. The first-order valence-electron chi connectivity index (χ1n) is 2.14. The van der Waals surface area contributed by atoms with E-state index in [4.69, 9.17) is 0 Å². The number of hydrogen-bond donors (Lipinski definition) is 0. The molecule has 0 fully saturated rings. The molecule has 0 aromatic heterocycles. The van der Waals surface area contributed by atoms with Gasteiger partial charge in [0.1, 0.15) is 0 Å². The van der Waals surface area contributed by atoms with Gasteiger partial charge in [0.15, 0.2) is 0 Å². The van der Waals surface area contributed by atoms with Gasteiger partial charge in [-0.3, -0.25) is 0 Å². The van der Waals surface area contributed by atoms with Gasteiger partial charge in [-0.25, -0.2) is 0 Å². The van der Waals surface area contributed by atoms with Crippen LogP contribution >= 0.6 is 0 Å². The third-order valence-corrected chi connectivity index (χ3v) is 0.656. The molecule has 0 heterocycles. The normalized spacial score (nSPS) is 9.00. The number of rotatable bonds is 2. The van der Waals surface area contributed by atoms with Gasteiger partial charge >= 0.3 is 37.7 Å². The van der Waals surface area contributed by atoms with Crippen LogP contribution < -0.4 is 47.9 Å². The van der Waals surface area contributed by atoms with Crippen molar-refractivity contribution in [1.29, 1.82) is 0 Å². The van der Waals surface area contributed by atoms with Crippen LogP contribution in [0.2, 0.25) is 0 Å². The summed E-state index contributed by atoms with van der Waals surface area (Å²) in [6.45, 7) is 1.12. The van der Waals surface area contributed by atoms with E-state index in [0.717, 1.165) is 6.92 Å². The molecule has 0 saturated heterocycles. The van der Waals surface area contributed by atoms with E-state index in [1.165, 1.54) is 0 Å². The predicted octanol–water partition coefficient (Wildman–Crippen LogP) is -8.56. The number of carbonyl (C=O) groups excluding carboxylic acids is 2. The maximum atomic E-state index is 9.76. The topological polar surface area (TPSA) is 80.3 Å². The SMILES string of the molecule is C/C(=C\C(=O)[O-])C(=O)[O-].[Li+].[Li+]. The van der Waals surface area contributed by atoms with Crippen LogP contribution in [-0.4, -0.2) is 11.9 Å². The Labute approximate surface area is 88.0 Å². The molecule has 0 aliphatic heterocycles. The Hall–Kier alpha value is -0.125. The zero-order valence-corrected chi connectivity index (χ0v) is 6.71. The fraction of sp³-hybridized carbons (Fsp3) is 0.200. The molecule has 4 nitrogen and oxygen atoms in total. The van der Waals surface area contributed by atoms with Crippen LogP contribution in [0.1, 0.15) is 6.92 Å². The van der Waals surface area contributed by atoms with Gasteiger partial charge in [0.25, 0.3) is 0 Å². The summed E-state index contributed by atoms with van der Waals surface area (Å²) < 4.78 is 0. The molecule has 0 radical (unpaired) electrons. The number of hydrogen-bond acceptors (Lipinski definition) is 4. The fourth-order valence-corrected chi connectivity index (χ4v) is 0.236. The molecular formula is C5H4Li2O4. The molecule has 0 amide bonds. The summed E-state index contributed by atoms with van der Waals surface area (Å²) in [5, 5.41) is 19.4. The van der Waals surface area contributed by atoms with Crippen LogP contribution in [-0.2, 0) is 9.59 Å². The summed E-state index contributed by atoms with van der Waals surface area (Å²) >= 11 is 0. The Kier molecular flexibility index (Phi) is 12.4. The molecule has 0 aromatic rings. The minimum atomic E-state index is -1.53. The zero-order chi connectivity index (χ0) is 7.44. The van der Waals surface area contributed by atoms with Crippen LogP contribution in [0.25, 0.3) is 0 Å². The summed E-state index contributed by atoms with van der Waals surface area (Å²) in [4.78, 5) is 19.4. The van der Waals surface area contributed by atoms with Crippen molar-refractivity contribution in [1.82, 2.24) is 0 Å². The van der Waals surface area contributed by atoms with Gasteiger partial charge in [0.2, 0.25) is 0 Å². The standard InChI is InChI=1S/C5H6O4.2Li/c1-3(5(8)9)2-4(6)7;;/h2H,1H3,(H,6,7)(H,8,9);;/q;2*+1/p-2/b3-2+;;. The molecule has 50 valence electrons. The summed E-state index contributed by atoms with van der Waals surface area (Å²) in [5.41, 5.74) is -0.352. The van der Waals surface area contributed by atoms with Crippen LogP contribution in [0.15, 0.2) is 11.6 Å². The average molecular weight is 142 g/mol. The molecule has 11 heavy (non-hydrogen) atoms. The van der Waals surface area contributed by atoms with E-state index in [1.807, 2.05) is 0 Å². The second-order valence-electron chi connectivity index (χ2n) is 1.43. The molecule has 6 heteroatoms. The summed E-state index contributed by atoms with van der Waals surface area (Å²) in [6, 6.07) is 0. The molecule has 0 atom stereocenters. The smallest absolute Gasteiger partial charge is 0.545 e. The quantitative estimate of drug-likeness (QED) is 0.283. The van der Waals surface area contributed by atoms with Gasteiger partial charge in [-0.2, -0.15) is 0 Å². The van der Waals surface area contributed by atoms with Gasteiger partial charge in [0, 0.05) is 0 Å². The number of carbonyl (C=O) groups is 2. The number of carboxylic acid groups (broad SMARTS) is 2. The van der Waals surface area contributed by atoms with Gasteiger partial charge in [-0.05, 0) is 18.6 Å². The first kappa shape index (κ1) is 17.1. The van der Waals surface area contributed by atoms with Crippen molar-refractivity contribution < 1.29 is 57.5 Å². The van der Waals surface area contributed by atoms with E-state index < -0.39 is 11.9 Å². The molecule has 0 saturated carbocycles. The second kappa shape index (κ2) is 7.98. The monoisotopic (exact) mass is 142 g/mol. The third kappa shape index (κ3) is 9.87. The molecule has 0 aliphatic rings. The van der Waals surface area contributed by atoms with E-state index in [1.54, 1.807) is 0 Å². The molecule has 0 rings (SSSR count). The minimum absolute atomic E-state index is 0. The predicted molar refractivity (Wildman–Crippen MR) is 23.8 cm³/mol. The van der Waals surface area contributed by atoms with Crippen molar-refractivity contribution in [3.8, 4) is 0 Å². The van der Waals surface area contributed by atoms with Gasteiger partial charge < -0.3 is 19.8 Å². The molecular weight excluding hydrogens is 138 g/mol. The van der Waals surface area contributed by atoms with Gasteiger partial charge in [-0.15, -0.1) is 0 Å². The number of carboxylic acids is 2. The van der Waals surface area contributed by atoms with Crippen molar-refractivity contribution in [2.24, 2.45) is 0 Å². The van der Waals surface area contributed by atoms with Crippen molar-refractivity contribution in [2.45, 2.75) is 6.92 Å². The molecule has 0 spiro atoms. The van der Waals surface area contributed by atoms with Crippen molar-refractivity contribution in [3.63, 3.8) is 0 Å². The maximum Gasteiger partial charge on any atom is 1.00 e. The Balaban J connectivity index is -0.000000320. The maximum absolute atomic E-state index is 9.76. The first-order chi connectivity index (χ1) is 4.04. The molecule has 0 aromatic carbocycles. The van der Waals surface area contributed by atoms with Crippen molar-refractivity contribution in [2.75, 3.05) is 0 Å². The van der Waals surface area contributed by atoms with Crippen molar-refractivity contribution >= 4 is 11.9 Å². The van der Waals surface area contributed by atoms with Crippen LogP contribution in [0.5, 0.6) is 0 Å². The van der Waals surface area contributed by atoms with E-state index in [2.05, 4.69) is 0 Å². The molecule has 0 bridgehead atoms. The summed E-state index contributed by atoms with van der Waals surface area (Å²) in [5.74, 6) is -3.03. The first-order valence-corrected chi connectivity index (χ1v) is 2.14. The largest absolute Gasteiger partial charge is 1.00 e. The third-order valence-electron chi connectivity index (χ3n) is 0.656. The van der Waals surface area contributed by atoms with Gasteiger partial charge in [0.05, 0.1) is 11.9 Å². The molecule has 0 aliphatic carbocycles. The summed E-state index contributed by atoms with van der Waals surface area (Å²) in [6.07, 6.45) is 0.468. The second-order valence-corrected chi connectivity index (χ2v) is 1.43. The van der Waals surface area contributed by atoms with Crippen LogP contribution in [0.4, 0.5) is 0 Å².